The molecular formula is C13H19ClN4O3. The average molecular weight is 315 g/mol. The fourth-order valence-corrected chi connectivity index (χ4v) is 3.09. The monoisotopic (exact) mass is 314 g/mol. The molecule has 3 rings (SSSR count). The summed E-state index contributed by atoms with van der Waals surface area (Å²) in [7, 11) is 0. The van der Waals surface area contributed by atoms with Gasteiger partial charge in [-0.2, -0.15) is 0 Å². The van der Waals surface area contributed by atoms with Crippen LogP contribution in [0.15, 0.2) is 18.6 Å². The largest absolute Gasteiger partial charge is 0.396 e. The summed E-state index contributed by atoms with van der Waals surface area (Å²) in [6.45, 7) is -0.00443. The number of aliphatic hydroxyl groups is 3. The molecule has 2 heterocycles. The van der Waals surface area contributed by atoms with Crippen molar-refractivity contribution in [1.82, 2.24) is 14.5 Å². The Morgan fingerprint density at radius 1 is 1.29 bits per heavy atom. The Morgan fingerprint density at radius 2 is 2.05 bits per heavy atom. The molecule has 0 aromatic carbocycles. The van der Waals surface area contributed by atoms with Gasteiger partial charge in [0.25, 0.3) is 0 Å². The van der Waals surface area contributed by atoms with Gasteiger partial charge in [0.15, 0.2) is 0 Å². The van der Waals surface area contributed by atoms with Gasteiger partial charge in [0.05, 0.1) is 24.0 Å². The van der Waals surface area contributed by atoms with Gasteiger partial charge in [0.1, 0.15) is 17.4 Å². The molecule has 1 fully saturated rings. The number of nitrogens with two attached hydrogens (primary N) is 1. The van der Waals surface area contributed by atoms with Crippen molar-refractivity contribution < 1.29 is 15.3 Å². The molecule has 116 valence electrons. The first kappa shape index (κ1) is 16.0. The highest BCUT2D eigenvalue weighted by atomic mass is 35.5. The fourth-order valence-electron chi connectivity index (χ4n) is 3.09. The normalized spacial score (nSPS) is 28.7. The van der Waals surface area contributed by atoms with Crippen molar-refractivity contribution in [2.24, 2.45) is 5.92 Å². The lowest BCUT2D eigenvalue weighted by Crippen LogP contribution is -2.29. The zero-order chi connectivity index (χ0) is 14.3. The summed E-state index contributed by atoms with van der Waals surface area (Å²) in [5.41, 5.74) is 7.27. The molecule has 4 atom stereocenters. The van der Waals surface area contributed by atoms with E-state index in [1.807, 2.05) is 0 Å². The third kappa shape index (κ3) is 2.57. The minimum Gasteiger partial charge on any atom is -0.396 e. The van der Waals surface area contributed by atoms with Crippen LogP contribution >= 0.6 is 12.4 Å². The number of imidazole rings is 1. The lowest BCUT2D eigenvalue weighted by Gasteiger charge is -2.19. The molecular weight excluding hydrogens is 296 g/mol. The molecule has 21 heavy (non-hydrogen) atoms. The number of nitrogen functional groups attached to an aromatic ring is 1. The average Bonchev–Trinajstić information content (AvgIpc) is 2.97. The second-order valence-corrected chi connectivity index (χ2v) is 5.27. The summed E-state index contributed by atoms with van der Waals surface area (Å²) in [5, 5.41) is 29.3. The minimum absolute atomic E-state index is 0. The summed E-state index contributed by atoms with van der Waals surface area (Å²) in [4.78, 5) is 8.30. The van der Waals surface area contributed by atoms with Crippen LogP contribution in [0.2, 0.25) is 0 Å². The van der Waals surface area contributed by atoms with Crippen molar-refractivity contribution in [3.63, 3.8) is 0 Å². The van der Waals surface area contributed by atoms with E-state index < -0.39 is 12.2 Å². The van der Waals surface area contributed by atoms with E-state index in [-0.39, 0.29) is 31.0 Å². The highest BCUT2D eigenvalue weighted by molar-refractivity contribution is 5.85. The molecule has 7 nitrogen and oxygen atoms in total. The number of fused-ring (bicyclic) bond motifs is 1. The van der Waals surface area contributed by atoms with Gasteiger partial charge in [-0.15, -0.1) is 12.4 Å². The van der Waals surface area contributed by atoms with Gasteiger partial charge < -0.3 is 25.6 Å². The number of halogens is 1. The van der Waals surface area contributed by atoms with Gasteiger partial charge in [-0.3, -0.25) is 0 Å². The highest BCUT2D eigenvalue weighted by Gasteiger charge is 2.42. The van der Waals surface area contributed by atoms with Crippen LogP contribution in [-0.2, 0) is 0 Å². The Balaban J connectivity index is 0.00000161. The highest BCUT2D eigenvalue weighted by Crippen LogP contribution is 2.39. The first-order valence-electron chi connectivity index (χ1n) is 6.67. The zero-order valence-corrected chi connectivity index (χ0v) is 12.1. The van der Waals surface area contributed by atoms with Gasteiger partial charge in [-0.1, -0.05) is 0 Å². The van der Waals surface area contributed by atoms with Gasteiger partial charge >= 0.3 is 0 Å². The van der Waals surface area contributed by atoms with Crippen LogP contribution in [0.1, 0.15) is 18.9 Å². The Kier molecular flexibility index (Phi) is 4.67. The van der Waals surface area contributed by atoms with Crippen LogP contribution in [0.25, 0.3) is 11.0 Å². The molecule has 0 radical (unpaired) electrons. The molecule has 1 aliphatic rings. The van der Waals surface area contributed by atoms with Crippen molar-refractivity contribution in [3.8, 4) is 0 Å². The molecule has 0 amide bonds. The van der Waals surface area contributed by atoms with E-state index in [2.05, 4.69) is 9.97 Å². The maximum Gasteiger partial charge on any atom is 0.149 e. The van der Waals surface area contributed by atoms with E-state index in [9.17, 15) is 10.2 Å². The Hall–Kier alpha value is -1.41. The molecule has 5 N–H and O–H groups in total. The number of aromatic nitrogens is 3. The van der Waals surface area contributed by atoms with Crippen molar-refractivity contribution in [3.05, 3.63) is 18.6 Å². The zero-order valence-electron chi connectivity index (χ0n) is 11.3. The number of rotatable bonds is 3. The number of pyridine rings is 1. The number of hydrogen-bond acceptors (Lipinski definition) is 6. The predicted molar refractivity (Wildman–Crippen MR) is 80.0 cm³/mol. The summed E-state index contributed by atoms with van der Waals surface area (Å²) in [6.07, 6.45) is 2.50. The van der Waals surface area contributed by atoms with Crippen molar-refractivity contribution >= 4 is 29.3 Å². The second kappa shape index (κ2) is 6.15. The summed E-state index contributed by atoms with van der Waals surface area (Å²) < 4.78 is 1.78. The first-order valence-corrected chi connectivity index (χ1v) is 6.67. The van der Waals surface area contributed by atoms with Gasteiger partial charge in [-0.25, -0.2) is 9.97 Å². The topological polar surface area (TPSA) is 117 Å². The Labute approximate surface area is 127 Å². The number of aliphatic hydroxyl groups excluding tert-OH is 3. The maximum atomic E-state index is 10.2. The molecule has 1 aliphatic carbocycles. The maximum absolute atomic E-state index is 10.2. The van der Waals surface area contributed by atoms with Gasteiger partial charge in [0.2, 0.25) is 0 Å². The van der Waals surface area contributed by atoms with Crippen LogP contribution < -0.4 is 5.73 Å². The van der Waals surface area contributed by atoms with Crippen molar-refractivity contribution in [2.45, 2.75) is 31.1 Å². The second-order valence-electron chi connectivity index (χ2n) is 5.27. The Bertz CT molecular complexity index is 620. The van der Waals surface area contributed by atoms with E-state index in [1.165, 1.54) is 0 Å². The number of hydrogen-bond donors (Lipinski definition) is 4. The number of nitrogens with zero attached hydrogens (tertiary/aromatic N) is 3. The lowest BCUT2D eigenvalue weighted by molar-refractivity contribution is 0.00281. The minimum atomic E-state index is -0.899. The third-order valence-corrected chi connectivity index (χ3v) is 4.14. The van der Waals surface area contributed by atoms with Gasteiger partial charge in [-0.05, 0) is 24.8 Å². The van der Waals surface area contributed by atoms with Crippen LogP contribution in [0.5, 0.6) is 0 Å². The molecule has 0 spiro atoms. The smallest absolute Gasteiger partial charge is 0.149 e. The van der Waals surface area contributed by atoms with Crippen LogP contribution in [0.4, 0.5) is 5.82 Å². The molecule has 0 unspecified atom stereocenters. The third-order valence-electron chi connectivity index (χ3n) is 4.14. The quantitative estimate of drug-likeness (QED) is 0.638. The molecule has 0 aliphatic heterocycles. The summed E-state index contributed by atoms with van der Waals surface area (Å²) in [5.74, 6) is 0.225. The van der Waals surface area contributed by atoms with Crippen LogP contribution in [0.3, 0.4) is 0 Å². The van der Waals surface area contributed by atoms with E-state index in [0.29, 0.717) is 29.7 Å². The predicted octanol–water partition coefficient (Wildman–Crippen LogP) is 0.100. The van der Waals surface area contributed by atoms with E-state index in [4.69, 9.17) is 10.8 Å². The number of anilines is 1. The van der Waals surface area contributed by atoms with E-state index >= 15 is 0 Å². The Morgan fingerprint density at radius 3 is 2.76 bits per heavy atom. The molecule has 1 saturated carbocycles. The summed E-state index contributed by atoms with van der Waals surface area (Å²) >= 11 is 0. The van der Waals surface area contributed by atoms with Crippen molar-refractivity contribution in [1.29, 1.82) is 0 Å². The van der Waals surface area contributed by atoms with Gasteiger partial charge in [0, 0.05) is 12.8 Å². The SMILES string of the molecule is Cl.Nc1nccc2ncn([C@@H]3C[C@H](CCO)[C@@H](O)[C@H]3O)c12. The van der Waals surface area contributed by atoms with Crippen molar-refractivity contribution in [2.75, 3.05) is 12.3 Å². The molecule has 8 heteroatoms. The first-order chi connectivity index (χ1) is 9.63. The van der Waals surface area contributed by atoms with Crippen LogP contribution in [0, 0.1) is 5.92 Å². The van der Waals surface area contributed by atoms with Crippen LogP contribution in [-0.4, -0.2) is 48.7 Å². The molecule has 2 aromatic heterocycles. The summed E-state index contributed by atoms with van der Waals surface area (Å²) in [6, 6.07) is 1.45. The van der Waals surface area contributed by atoms with E-state index in [1.54, 1.807) is 23.2 Å². The molecule has 0 saturated heterocycles. The fraction of sp³-hybridized carbons (Fsp3) is 0.538. The lowest BCUT2D eigenvalue weighted by atomic mass is 10.0. The standard InChI is InChI=1S/C13H18N4O3.ClH/c14-13-10-8(1-3-15-13)16-6-17(10)9-5-7(2-4-18)11(19)12(9)20;/h1,3,6-7,9,11-12,18-20H,2,4-5H2,(H2,14,15);1H/t7-,9+,11+,12-;/m0./s1. The molecule has 0 bridgehead atoms. The van der Waals surface area contributed by atoms with E-state index in [0.717, 1.165) is 0 Å². The molecule has 2 aromatic rings.